The number of aliphatic hydroxyl groups excluding tert-OH is 2. The highest BCUT2D eigenvalue weighted by Crippen LogP contribution is 2.22. The van der Waals surface area contributed by atoms with Crippen LogP contribution in [0.4, 0.5) is 5.82 Å². The Kier molecular flexibility index (Phi) is 2.43. The summed E-state index contributed by atoms with van der Waals surface area (Å²) >= 11 is 0. The van der Waals surface area contributed by atoms with Crippen LogP contribution in [0.1, 0.15) is 6.23 Å². The molecule has 4 N–H and O–H groups in total. The van der Waals surface area contributed by atoms with Crippen molar-refractivity contribution >= 4 is 5.82 Å². The van der Waals surface area contributed by atoms with Gasteiger partial charge in [-0.05, 0) is 6.07 Å². The number of aromatic nitrogens is 2. The van der Waals surface area contributed by atoms with Crippen molar-refractivity contribution in [1.82, 2.24) is 9.55 Å². The summed E-state index contributed by atoms with van der Waals surface area (Å²) in [5, 5.41) is 18.8. The summed E-state index contributed by atoms with van der Waals surface area (Å²) < 4.78 is 6.16. The first kappa shape index (κ1) is 10.1. The van der Waals surface area contributed by atoms with Crippen LogP contribution in [0.25, 0.3) is 0 Å². The lowest BCUT2D eigenvalue weighted by Gasteiger charge is -2.16. The first-order valence-electron chi connectivity index (χ1n) is 4.42. The summed E-state index contributed by atoms with van der Waals surface area (Å²) in [4.78, 5) is 14.9. The lowest BCUT2D eigenvalue weighted by Crippen LogP contribution is -2.34. The Morgan fingerprint density at radius 1 is 1.60 bits per heavy atom. The summed E-state index contributed by atoms with van der Waals surface area (Å²) in [6.07, 6.45) is -1.65. The maximum Gasteiger partial charge on any atom is 0.351 e. The number of aliphatic hydroxyl groups is 2. The van der Waals surface area contributed by atoms with Gasteiger partial charge in [0.05, 0.1) is 6.61 Å². The van der Waals surface area contributed by atoms with Gasteiger partial charge in [-0.3, -0.25) is 4.57 Å². The van der Waals surface area contributed by atoms with Crippen molar-refractivity contribution in [2.45, 2.75) is 18.4 Å². The molecule has 0 saturated carbocycles. The van der Waals surface area contributed by atoms with Crippen molar-refractivity contribution in [3.05, 3.63) is 22.7 Å². The van der Waals surface area contributed by atoms with E-state index < -0.39 is 24.1 Å². The summed E-state index contributed by atoms with van der Waals surface area (Å²) in [7, 11) is 0. The predicted molar refractivity (Wildman–Crippen MR) is 49.9 cm³/mol. The zero-order chi connectivity index (χ0) is 11.0. The highest BCUT2D eigenvalue weighted by atomic mass is 16.5. The predicted octanol–water partition coefficient (Wildman–Crippen LogP) is -1.92. The van der Waals surface area contributed by atoms with Crippen LogP contribution in [-0.2, 0) is 4.74 Å². The second-order valence-corrected chi connectivity index (χ2v) is 3.32. The number of nitrogens with zero attached hydrogens (tertiary/aromatic N) is 2. The fraction of sp³-hybridized carbons (Fsp3) is 0.500. The number of anilines is 1. The Morgan fingerprint density at radius 3 is 2.87 bits per heavy atom. The molecule has 7 nitrogen and oxygen atoms in total. The van der Waals surface area contributed by atoms with E-state index in [2.05, 4.69) is 4.98 Å². The standard InChI is InChI=1S/C8H11N3O4/c9-5-1-2-11(8(14)10-5)7-6(13)4(12)3-15-7/h1-2,4,6-7,12-13H,3H2,(H2,9,10,14)/t4?,6-,7+/m0/s1. The van der Waals surface area contributed by atoms with Gasteiger partial charge in [-0.2, -0.15) is 4.98 Å². The van der Waals surface area contributed by atoms with Crippen LogP contribution in [0, 0.1) is 0 Å². The van der Waals surface area contributed by atoms with E-state index in [0.29, 0.717) is 0 Å². The zero-order valence-electron chi connectivity index (χ0n) is 7.78. The molecule has 3 atom stereocenters. The van der Waals surface area contributed by atoms with Crippen LogP contribution in [-0.4, -0.2) is 38.6 Å². The molecule has 1 aliphatic rings. The maximum absolute atomic E-state index is 11.4. The number of rotatable bonds is 1. The molecule has 1 aromatic heterocycles. The monoisotopic (exact) mass is 213 g/mol. The van der Waals surface area contributed by atoms with Crippen LogP contribution in [0.5, 0.6) is 0 Å². The Bertz CT molecular complexity index is 419. The average Bonchev–Trinajstić information content (AvgIpc) is 2.49. The largest absolute Gasteiger partial charge is 0.388 e. The Hall–Kier alpha value is -1.44. The van der Waals surface area contributed by atoms with E-state index in [9.17, 15) is 15.0 Å². The summed E-state index contributed by atoms with van der Waals surface area (Å²) in [6.45, 7) is -0.0113. The molecule has 0 radical (unpaired) electrons. The Labute approximate surface area is 84.7 Å². The number of ether oxygens (including phenoxy) is 1. The van der Waals surface area contributed by atoms with Gasteiger partial charge in [0, 0.05) is 6.20 Å². The van der Waals surface area contributed by atoms with Crippen LogP contribution < -0.4 is 11.4 Å². The minimum atomic E-state index is -1.13. The molecule has 1 aromatic rings. The van der Waals surface area contributed by atoms with E-state index in [-0.39, 0.29) is 12.4 Å². The van der Waals surface area contributed by atoms with Gasteiger partial charge in [0.1, 0.15) is 18.0 Å². The van der Waals surface area contributed by atoms with E-state index >= 15 is 0 Å². The molecule has 1 unspecified atom stereocenters. The SMILES string of the molecule is Nc1ccn([C@@H]2OCC(O)[C@@H]2O)c(=O)n1. The number of nitrogens with two attached hydrogens (primary N) is 1. The normalized spacial score (nSPS) is 30.7. The van der Waals surface area contributed by atoms with E-state index in [1.165, 1.54) is 12.3 Å². The minimum Gasteiger partial charge on any atom is -0.388 e. The van der Waals surface area contributed by atoms with Gasteiger partial charge in [0.15, 0.2) is 6.23 Å². The summed E-state index contributed by atoms with van der Waals surface area (Å²) in [5.41, 5.74) is 4.69. The van der Waals surface area contributed by atoms with Gasteiger partial charge in [-0.25, -0.2) is 4.79 Å². The van der Waals surface area contributed by atoms with Gasteiger partial charge < -0.3 is 20.7 Å². The lowest BCUT2D eigenvalue weighted by molar-refractivity contribution is -0.0211. The first-order chi connectivity index (χ1) is 7.09. The molecule has 82 valence electrons. The van der Waals surface area contributed by atoms with Gasteiger partial charge >= 0.3 is 5.69 Å². The third-order valence-electron chi connectivity index (χ3n) is 2.25. The van der Waals surface area contributed by atoms with E-state index in [0.717, 1.165) is 4.57 Å². The molecule has 7 heteroatoms. The molecule has 0 aliphatic carbocycles. The number of nitrogen functional groups attached to an aromatic ring is 1. The van der Waals surface area contributed by atoms with E-state index in [1.807, 2.05) is 0 Å². The zero-order valence-corrected chi connectivity index (χ0v) is 7.78. The van der Waals surface area contributed by atoms with Gasteiger partial charge in [0.2, 0.25) is 0 Å². The van der Waals surface area contributed by atoms with Crippen molar-refractivity contribution < 1.29 is 14.9 Å². The lowest BCUT2D eigenvalue weighted by atomic mass is 10.2. The fourth-order valence-electron chi connectivity index (χ4n) is 1.45. The molecule has 0 spiro atoms. The quantitative estimate of drug-likeness (QED) is 0.501. The van der Waals surface area contributed by atoms with Crippen LogP contribution in [0.15, 0.2) is 17.1 Å². The van der Waals surface area contributed by atoms with Gasteiger partial charge in [0.25, 0.3) is 0 Å². The average molecular weight is 213 g/mol. The first-order valence-corrected chi connectivity index (χ1v) is 4.42. The molecule has 2 rings (SSSR count). The molecule has 1 aliphatic heterocycles. The Morgan fingerprint density at radius 2 is 2.33 bits per heavy atom. The molecular weight excluding hydrogens is 202 g/mol. The summed E-state index contributed by atoms with van der Waals surface area (Å²) in [5.74, 6) is 0.101. The molecule has 2 heterocycles. The molecule has 1 fully saturated rings. The Balaban J connectivity index is 2.34. The molecule has 0 amide bonds. The number of hydrogen-bond donors (Lipinski definition) is 3. The fourth-order valence-corrected chi connectivity index (χ4v) is 1.45. The van der Waals surface area contributed by atoms with Crippen molar-refractivity contribution in [2.24, 2.45) is 0 Å². The highest BCUT2D eigenvalue weighted by molar-refractivity contribution is 5.23. The second-order valence-electron chi connectivity index (χ2n) is 3.32. The molecule has 0 bridgehead atoms. The third kappa shape index (κ3) is 1.72. The summed E-state index contributed by atoms with van der Waals surface area (Å²) in [6, 6.07) is 1.42. The molecule has 15 heavy (non-hydrogen) atoms. The molecule has 1 saturated heterocycles. The highest BCUT2D eigenvalue weighted by Gasteiger charge is 2.36. The smallest absolute Gasteiger partial charge is 0.351 e. The number of hydrogen-bond acceptors (Lipinski definition) is 6. The van der Waals surface area contributed by atoms with E-state index in [1.54, 1.807) is 0 Å². The molecular formula is C8H11N3O4. The topological polar surface area (TPSA) is 111 Å². The third-order valence-corrected chi connectivity index (χ3v) is 2.25. The van der Waals surface area contributed by atoms with Gasteiger partial charge in [-0.15, -0.1) is 0 Å². The second kappa shape index (κ2) is 3.61. The van der Waals surface area contributed by atoms with Crippen molar-refractivity contribution in [1.29, 1.82) is 0 Å². The van der Waals surface area contributed by atoms with Crippen molar-refractivity contribution in [3.63, 3.8) is 0 Å². The maximum atomic E-state index is 11.4. The van der Waals surface area contributed by atoms with E-state index in [4.69, 9.17) is 10.5 Å². The molecule has 0 aromatic carbocycles. The van der Waals surface area contributed by atoms with Crippen molar-refractivity contribution in [2.75, 3.05) is 12.3 Å². The van der Waals surface area contributed by atoms with Crippen LogP contribution in [0.2, 0.25) is 0 Å². The minimum absolute atomic E-state index is 0.0113. The van der Waals surface area contributed by atoms with Gasteiger partial charge in [-0.1, -0.05) is 0 Å². The van der Waals surface area contributed by atoms with Crippen molar-refractivity contribution in [3.8, 4) is 0 Å². The van der Waals surface area contributed by atoms with Crippen LogP contribution in [0.3, 0.4) is 0 Å². The van der Waals surface area contributed by atoms with Crippen LogP contribution >= 0.6 is 0 Å².